The molecular weight excluding hydrogens is 384 g/mol. The zero-order chi connectivity index (χ0) is 18.8. The van der Waals surface area contributed by atoms with E-state index in [1.165, 1.54) is 4.80 Å². The Morgan fingerprint density at radius 1 is 1.15 bits per heavy atom. The zero-order valence-corrected chi connectivity index (χ0v) is 15.9. The molecule has 27 heavy (non-hydrogen) atoms. The van der Waals surface area contributed by atoms with Crippen LogP contribution in [0.15, 0.2) is 54.7 Å². The summed E-state index contributed by atoms with van der Waals surface area (Å²) >= 11 is 11.8. The molecule has 0 atom stereocenters. The van der Waals surface area contributed by atoms with Gasteiger partial charge in [0.15, 0.2) is 0 Å². The second-order valence-electron chi connectivity index (χ2n) is 5.77. The molecule has 0 radical (unpaired) electrons. The van der Waals surface area contributed by atoms with Crippen LogP contribution in [0.1, 0.15) is 5.56 Å². The number of halogens is 1. The molecule has 2 heterocycles. The van der Waals surface area contributed by atoms with Gasteiger partial charge in [0.05, 0.1) is 29.9 Å². The third kappa shape index (κ3) is 3.49. The van der Waals surface area contributed by atoms with Gasteiger partial charge in [0, 0.05) is 6.20 Å². The number of hydrogen-bond donors (Lipinski definition) is 1. The minimum atomic E-state index is 0.454. The minimum Gasteiger partial charge on any atom is -0.497 e. The molecule has 9 heteroatoms. The Labute approximate surface area is 165 Å². The lowest BCUT2D eigenvalue weighted by Crippen LogP contribution is -2.04. The molecule has 0 saturated carbocycles. The average molecular weight is 399 g/mol. The van der Waals surface area contributed by atoms with Crippen molar-refractivity contribution in [2.24, 2.45) is 0 Å². The van der Waals surface area contributed by atoms with E-state index in [2.05, 4.69) is 20.5 Å². The highest BCUT2D eigenvalue weighted by Crippen LogP contribution is 2.23. The van der Waals surface area contributed by atoms with Crippen LogP contribution in [-0.4, -0.2) is 37.1 Å². The van der Waals surface area contributed by atoms with Crippen molar-refractivity contribution in [3.05, 3.63) is 70.0 Å². The molecule has 0 unspecified atom stereocenters. The monoisotopic (exact) mass is 398 g/mol. The fraction of sp³-hybridized carbons (Fsp3) is 0.111. The Kier molecular flexibility index (Phi) is 4.74. The fourth-order valence-corrected chi connectivity index (χ4v) is 3.18. The van der Waals surface area contributed by atoms with E-state index in [9.17, 15) is 0 Å². The van der Waals surface area contributed by atoms with Crippen molar-refractivity contribution in [2.45, 2.75) is 6.54 Å². The highest BCUT2D eigenvalue weighted by molar-refractivity contribution is 7.71. The van der Waals surface area contributed by atoms with Crippen LogP contribution in [0.5, 0.6) is 5.75 Å². The van der Waals surface area contributed by atoms with Crippen LogP contribution in [0, 0.1) is 4.64 Å². The molecule has 7 nitrogen and oxygen atoms in total. The molecular formula is C18H15ClN6OS. The van der Waals surface area contributed by atoms with Crippen LogP contribution < -0.4 is 4.74 Å². The Balaban J connectivity index is 1.60. The van der Waals surface area contributed by atoms with E-state index in [0.29, 0.717) is 27.6 Å². The lowest BCUT2D eigenvalue weighted by atomic mass is 10.2. The zero-order valence-electron chi connectivity index (χ0n) is 14.3. The summed E-state index contributed by atoms with van der Waals surface area (Å²) in [5.41, 5.74) is 2.49. The number of H-pyrrole nitrogens is 1. The molecule has 0 aliphatic heterocycles. The van der Waals surface area contributed by atoms with Gasteiger partial charge in [0.1, 0.15) is 10.4 Å². The van der Waals surface area contributed by atoms with Crippen LogP contribution in [-0.2, 0) is 6.54 Å². The van der Waals surface area contributed by atoms with Gasteiger partial charge in [-0.05, 0) is 35.0 Å². The summed E-state index contributed by atoms with van der Waals surface area (Å²) in [4.78, 5) is 1.53. The van der Waals surface area contributed by atoms with Crippen molar-refractivity contribution in [3.8, 4) is 22.8 Å². The topological polar surface area (TPSA) is 73.5 Å². The molecule has 0 aliphatic carbocycles. The van der Waals surface area contributed by atoms with Gasteiger partial charge in [0.2, 0.25) is 5.82 Å². The van der Waals surface area contributed by atoms with Gasteiger partial charge in [-0.15, -0.1) is 10.2 Å². The first kappa shape index (κ1) is 17.4. The first-order valence-electron chi connectivity index (χ1n) is 8.12. The van der Waals surface area contributed by atoms with E-state index in [-0.39, 0.29) is 0 Å². The first-order valence-corrected chi connectivity index (χ1v) is 8.91. The smallest absolute Gasteiger partial charge is 0.209 e. The summed E-state index contributed by atoms with van der Waals surface area (Å²) in [6.45, 7) is 0.499. The molecule has 0 bridgehead atoms. The minimum absolute atomic E-state index is 0.454. The second kappa shape index (κ2) is 7.34. The summed E-state index contributed by atoms with van der Waals surface area (Å²) < 4.78 is 7.42. The van der Waals surface area contributed by atoms with Crippen LogP contribution in [0.25, 0.3) is 17.1 Å². The maximum Gasteiger partial charge on any atom is 0.209 e. The highest BCUT2D eigenvalue weighted by Gasteiger charge is 2.13. The van der Waals surface area contributed by atoms with E-state index in [1.807, 2.05) is 48.5 Å². The standard InChI is InChI=1S/C18H15ClN6OS/c1-26-13-8-6-12(7-9-13)11-24-22-17(21-23-24)14-10-20-25(18(14)27)16-5-3-2-4-15(16)19/h2-10,20H,11H2,1H3. The van der Waals surface area contributed by atoms with Gasteiger partial charge in [-0.1, -0.05) is 48.1 Å². The Morgan fingerprint density at radius 3 is 2.67 bits per heavy atom. The van der Waals surface area contributed by atoms with E-state index in [0.717, 1.165) is 17.0 Å². The first-order chi connectivity index (χ1) is 13.2. The van der Waals surface area contributed by atoms with E-state index in [4.69, 9.17) is 28.6 Å². The molecule has 1 N–H and O–H groups in total. The summed E-state index contributed by atoms with van der Waals surface area (Å²) in [6.07, 6.45) is 1.75. The molecule has 0 saturated heterocycles. The number of nitrogens with one attached hydrogen (secondary N) is 1. The number of ether oxygens (including phenoxy) is 1. The number of rotatable bonds is 5. The molecule has 0 amide bonds. The van der Waals surface area contributed by atoms with Crippen molar-refractivity contribution in [3.63, 3.8) is 0 Å². The summed E-state index contributed by atoms with van der Waals surface area (Å²) in [7, 11) is 1.64. The number of aromatic nitrogens is 6. The Morgan fingerprint density at radius 2 is 1.93 bits per heavy atom. The second-order valence-corrected chi connectivity index (χ2v) is 6.56. The predicted molar refractivity (Wildman–Crippen MR) is 105 cm³/mol. The number of methoxy groups -OCH3 is 1. The summed E-state index contributed by atoms with van der Waals surface area (Å²) in [5, 5.41) is 16.4. The Hall–Kier alpha value is -2.97. The molecule has 4 rings (SSSR count). The van der Waals surface area contributed by atoms with Crippen LogP contribution in [0.2, 0.25) is 5.02 Å². The number of tetrazole rings is 1. The number of hydrogen-bond acceptors (Lipinski definition) is 5. The molecule has 0 aliphatic rings. The normalized spacial score (nSPS) is 10.9. The number of para-hydroxylation sites is 1. The third-order valence-electron chi connectivity index (χ3n) is 4.04. The molecule has 0 fully saturated rings. The van der Waals surface area contributed by atoms with Gasteiger partial charge in [-0.2, -0.15) is 4.80 Å². The SMILES string of the molecule is COc1ccc(Cn2nnc(-c3c[nH]n(-c4ccccc4Cl)c3=S)n2)cc1. The van der Waals surface area contributed by atoms with Crippen molar-refractivity contribution in [1.29, 1.82) is 0 Å². The largest absolute Gasteiger partial charge is 0.497 e. The van der Waals surface area contributed by atoms with E-state index in [1.54, 1.807) is 18.0 Å². The van der Waals surface area contributed by atoms with Crippen LogP contribution in [0.3, 0.4) is 0 Å². The third-order valence-corrected chi connectivity index (χ3v) is 4.76. The molecule has 4 aromatic rings. The quantitative estimate of drug-likeness (QED) is 0.516. The number of nitrogens with zero attached hydrogens (tertiary/aromatic N) is 5. The predicted octanol–water partition coefficient (Wildman–Crippen LogP) is 3.90. The van der Waals surface area contributed by atoms with Gasteiger partial charge in [0.25, 0.3) is 0 Å². The maximum atomic E-state index is 6.26. The highest BCUT2D eigenvalue weighted by atomic mass is 35.5. The maximum absolute atomic E-state index is 6.26. The molecule has 0 spiro atoms. The van der Waals surface area contributed by atoms with Gasteiger partial charge >= 0.3 is 0 Å². The molecule has 2 aromatic heterocycles. The van der Waals surface area contributed by atoms with Crippen LogP contribution >= 0.6 is 23.8 Å². The lowest BCUT2D eigenvalue weighted by molar-refractivity contribution is 0.414. The summed E-state index contributed by atoms with van der Waals surface area (Å²) in [6, 6.07) is 15.2. The van der Waals surface area contributed by atoms with E-state index >= 15 is 0 Å². The van der Waals surface area contributed by atoms with Gasteiger partial charge < -0.3 is 4.74 Å². The van der Waals surface area contributed by atoms with Gasteiger partial charge in [-0.25, -0.2) is 4.68 Å². The fourth-order valence-electron chi connectivity index (χ4n) is 2.65. The van der Waals surface area contributed by atoms with Crippen molar-refractivity contribution < 1.29 is 4.74 Å². The molecule has 2 aromatic carbocycles. The van der Waals surface area contributed by atoms with Crippen molar-refractivity contribution in [2.75, 3.05) is 7.11 Å². The number of benzene rings is 2. The van der Waals surface area contributed by atoms with Crippen LogP contribution in [0.4, 0.5) is 0 Å². The van der Waals surface area contributed by atoms with E-state index < -0.39 is 0 Å². The average Bonchev–Trinajstić information content (AvgIpc) is 3.29. The van der Waals surface area contributed by atoms with Crippen molar-refractivity contribution in [1.82, 2.24) is 30.0 Å². The lowest BCUT2D eigenvalue weighted by Gasteiger charge is -2.04. The molecule has 136 valence electrons. The summed E-state index contributed by atoms with van der Waals surface area (Å²) in [5.74, 6) is 1.26. The van der Waals surface area contributed by atoms with Crippen molar-refractivity contribution >= 4 is 23.8 Å². The number of aromatic amines is 1. The van der Waals surface area contributed by atoms with Gasteiger partial charge in [-0.3, -0.25) is 5.10 Å². The Bertz CT molecular complexity index is 1130.